The van der Waals surface area contributed by atoms with E-state index in [9.17, 15) is 28.8 Å². The van der Waals surface area contributed by atoms with Gasteiger partial charge in [0.25, 0.3) is 5.91 Å². The lowest BCUT2D eigenvalue weighted by Crippen LogP contribution is -2.60. The van der Waals surface area contributed by atoms with Crippen molar-refractivity contribution >= 4 is 46.2 Å². The molecule has 358 valence electrons. The van der Waals surface area contributed by atoms with Gasteiger partial charge in [0.05, 0.1) is 18.1 Å². The maximum atomic E-state index is 13.8. The van der Waals surface area contributed by atoms with Gasteiger partial charge in [-0.3, -0.25) is 28.8 Å². The third-order valence-corrected chi connectivity index (χ3v) is 13.7. The van der Waals surface area contributed by atoms with E-state index in [1.54, 1.807) is 14.0 Å². The topological polar surface area (TPSA) is 169 Å². The fourth-order valence-corrected chi connectivity index (χ4v) is 9.87. The second-order valence-electron chi connectivity index (χ2n) is 20.1. The molecule has 10 atom stereocenters. The lowest BCUT2D eigenvalue weighted by Gasteiger charge is -2.38. The van der Waals surface area contributed by atoms with Gasteiger partial charge in [-0.25, -0.2) is 0 Å². The molecule has 64 heavy (non-hydrogen) atoms. The van der Waals surface area contributed by atoms with Crippen LogP contribution in [0, 0.1) is 28.6 Å². The summed E-state index contributed by atoms with van der Waals surface area (Å²) in [6.07, 6.45) is 6.43. The molecule has 5 N–H and O–H groups in total. The van der Waals surface area contributed by atoms with Crippen molar-refractivity contribution in [3.05, 3.63) is 48.0 Å². The summed E-state index contributed by atoms with van der Waals surface area (Å²) in [5, 5.41) is 17.2. The fourth-order valence-electron chi connectivity index (χ4n) is 9.87. The van der Waals surface area contributed by atoms with E-state index in [-0.39, 0.29) is 78.4 Å². The summed E-state index contributed by atoms with van der Waals surface area (Å²) in [5.74, 6) is 0.211. The summed E-state index contributed by atoms with van der Waals surface area (Å²) >= 11 is 0. The largest absolute Gasteiger partial charge is 0.352 e. The van der Waals surface area contributed by atoms with Crippen LogP contribution < -0.4 is 26.6 Å². The predicted octanol–water partition coefficient (Wildman–Crippen LogP) is 6.83. The van der Waals surface area contributed by atoms with Crippen molar-refractivity contribution in [3.63, 3.8) is 0 Å². The number of nitrogens with one attached hydrogen (secondary N) is 5. The molecule has 13 nitrogen and oxygen atoms in total. The number of likely N-dealkylation sites (tertiary alicyclic amines) is 2. The van der Waals surface area contributed by atoms with Gasteiger partial charge in [0.1, 0.15) is 12.1 Å². The Labute approximate surface area is 384 Å². The third-order valence-electron chi connectivity index (χ3n) is 13.7. The molecule has 2 saturated carbocycles. The SMILES string of the molecule is C.CC.CC[C@@H](C)C(=O)N[C@H](C(=O)N1CC[C@H]2CC[C@H](NC(C)=O)[C@H]21)C(C)(C)C.CN[C@@H](C)C(=O)N[C@H](C(=O)N1CC[C@H]2CC[C@H](NC(=O)c3cccc4ccccc34)[C@H]21)C(C)(C)C. The minimum absolute atomic E-state index is 0. The van der Waals surface area contributed by atoms with Crippen LogP contribution in [0.1, 0.15) is 146 Å². The van der Waals surface area contributed by atoms with Gasteiger partial charge in [0.2, 0.25) is 29.5 Å². The number of fused-ring (bicyclic) bond motifs is 3. The molecule has 0 spiro atoms. The number of rotatable bonds is 11. The van der Waals surface area contributed by atoms with Crippen LogP contribution in [0.2, 0.25) is 0 Å². The average Bonchev–Trinajstić information content (AvgIpc) is 4.05. The first-order valence-corrected chi connectivity index (χ1v) is 23.6. The molecule has 0 radical (unpaired) electrons. The van der Waals surface area contributed by atoms with E-state index >= 15 is 0 Å². The van der Waals surface area contributed by atoms with Crippen molar-refractivity contribution < 1.29 is 28.8 Å². The lowest BCUT2D eigenvalue weighted by atomic mass is 9.85. The Morgan fingerprint density at radius 3 is 1.61 bits per heavy atom. The zero-order valence-corrected chi connectivity index (χ0v) is 40.5. The predicted molar refractivity (Wildman–Crippen MR) is 257 cm³/mol. The smallest absolute Gasteiger partial charge is 0.252 e. The standard InChI is InChI=1S/C28H38N4O3.C20H35N3O3.C2H6.CH4/c1-17(29-5)25(33)31-24(28(2,3)4)27(35)32-16-15-19-13-14-22(23(19)32)30-26(34)21-12-8-10-18-9-6-7-11-20(18)21;1-7-12(2)18(25)22-17(20(4,5)6)19(26)23-11-10-14-8-9-15(16(14)23)21-13(3)24;1-2;/h6-12,17,19,22-24,29H,13-16H2,1-5H3,(H,30,34)(H,31,33);12,14-17H,7-11H2,1-6H3,(H,21,24)(H,22,25);1-2H3;1H4/t17-,19+,22-,23-,24+;12-,14-,15+,16+,17-;;/m01../s1. The Bertz CT molecular complexity index is 1920. The fraction of sp³-hybridized carbons (Fsp3) is 0.686. The van der Waals surface area contributed by atoms with Gasteiger partial charge >= 0.3 is 0 Å². The van der Waals surface area contributed by atoms with Crippen LogP contribution in [0.5, 0.6) is 0 Å². The van der Waals surface area contributed by atoms with Crippen molar-refractivity contribution in [1.29, 1.82) is 0 Å². The number of likely N-dealkylation sites (N-methyl/N-ethyl adjacent to an activating group) is 1. The molecule has 6 rings (SSSR count). The van der Waals surface area contributed by atoms with Gasteiger partial charge in [-0.1, -0.05) is 113 Å². The first kappa shape index (κ1) is 53.8. The molecule has 0 aromatic heterocycles. The van der Waals surface area contributed by atoms with Gasteiger partial charge in [-0.05, 0) is 98.4 Å². The highest BCUT2D eigenvalue weighted by Crippen LogP contribution is 2.41. The van der Waals surface area contributed by atoms with Gasteiger partial charge in [0.15, 0.2) is 0 Å². The molecule has 0 unspecified atom stereocenters. The van der Waals surface area contributed by atoms with Crippen LogP contribution >= 0.6 is 0 Å². The first-order valence-electron chi connectivity index (χ1n) is 23.6. The van der Waals surface area contributed by atoms with Crippen molar-refractivity contribution in [2.75, 3.05) is 20.1 Å². The summed E-state index contributed by atoms with van der Waals surface area (Å²) in [6.45, 7) is 24.4. The summed E-state index contributed by atoms with van der Waals surface area (Å²) < 4.78 is 0. The third kappa shape index (κ3) is 12.6. The Kier molecular flexibility index (Phi) is 19.4. The van der Waals surface area contributed by atoms with Gasteiger partial charge in [-0.15, -0.1) is 0 Å². The summed E-state index contributed by atoms with van der Waals surface area (Å²) in [5.41, 5.74) is -0.165. The molecular formula is C51H83N7O6. The summed E-state index contributed by atoms with van der Waals surface area (Å²) in [6, 6.07) is 12.0. The van der Waals surface area contributed by atoms with E-state index < -0.39 is 23.5 Å². The van der Waals surface area contributed by atoms with E-state index in [2.05, 4.69) is 26.6 Å². The van der Waals surface area contributed by atoms with E-state index in [4.69, 9.17) is 0 Å². The van der Waals surface area contributed by atoms with Gasteiger partial charge < -0.3 is 36.4 Å². The molecule has 4 fully saturated rings. The Morgan fingerprint density at radius 2 is 1.14 bits per heavy atom. The molecule has 2 aliphatic carbocycles. The van der Waals surface area contributed by atoms with Crippen LogP contribution in [-0.4, -0.2) is 108 Å². The van der Waals surface area contributed by atoms with Crippen LogP contribution in [0.15, 0.2) is 42.5 Å². The second-order valence-corrected chi connectivity index (χ2v) is 20.1. The van der Waals surface area contributed by atoms with Crippen LogP contribution in [-0.2, 0) is 24.0 Å². The quantitative estimate of drug-likeness (QED) is 0.165. The molecule has 2 saturated heterocycles. The maximum absolute atomic E-state index is 13.8. The van der Waals surface area contributed by atoms with E-state index in [0.29, 0.717) is 30.5 Å². The van der Waals surface area contributed by atoms with Crippen LogP contribution in [0.4, 0.5) is 0 Å². The zero-order valence-electron chi connectivity index (χ0n) is 40.5. The Hall–Kier alpha value is -4.52. The van der Waals surface area contributed by atoms with E-state index in [0.717, 1.165) is 55.7 Å². The maximum Gasteiger partial charge on any atom is 0.252 e. The molecule has 2 heterocycles. The molecule has 0 bridgehead atoms. The molecule has 4 aliphatic rings. The molecule has 2 aliphatic heterocycles. The molecule has 6 amide bonds. The summed E-state index contributed by atoms with van der Waals surface area (Å²) in [4.78, 5) is 81.1. The number of amides is 6. The zero-order chi connectivity index (χ0) is 47.0. The highest BCUT2D eigenvalue weighted by atomic mass is 16.2. The summed E-state index contributed by atoms with van der Waals surface area (Å²) in [7, 11) is 1.73. The molecule has 13 heteroatoms. The van der Waals surface area contributed by atoms with E-state index in [1.807, 2.05) is 122 Å². The lowest BCUT2D eigenvalue weighted by molar-refractivity contribution is -0.141. The van der Waals surface area contributed by atoms with E-state index in [1.165, 1.54) is 6.92 Å². The molecular weight excluding hydrogens is 807 g/mol. The number of hydrogen-bond donors (Lipinski definition) is 5. The van der Waals surface area contributed by atoms with Gasteiger partial charge in [-0.2, -0.15) is 0 Å². The highest BCUT2D eigenvalue weighted by molar-refractivity contribution is 6.07. The Balaban J connectivity index is 0.000000336. The normalized spacial score (nSPS) is 24.2. The van der Waals surface area contributed by atoms with Crippen LogP contribution in [0.3, 0.4) is 0 Å². The Morgan fingerprint density at radius 1 is 0.672 bits per heavy atom. The number of nitrogens with zero attached hydrogens (tertiary/aromatic N) is 2. The van der Waals surface area contributed by atoms with Crippen molar-refractivity contribution in [3.8, 4) is 0 Å². The van der Waals surface area contributed by atoms with Crippen molar-refractivity contribution in [2.45, 2.75) is 178 Å². The minimum atomic E-state index is -0.639. The number of carbonyl (C=O) groups is 6. The molecule has 2 aromatic rings. The van der Waals surface area contributed by atoms with Crippen LogP contribution in [0.25, 0.3) is 10.8 Å². The number of hydrogen-bond acceptors (Lipinski definition) is 7. The number of benzene rings is 2. The van der Waals surface area contributed by atoms with Gasteiger partial charge in [0, 0.05) is 43.6 Å². The molecule has 2 aromatic carbocycles. The first-order chi connectivity index (χ1) is 29.7. The minimum Gasteiger partial charge on any atom is -0.352 e. The van der Waals surface area contributed by atoms with Crippen molar-refractivity contribution in [1.82, 2.24) is 36.4 Å². The number of carbonyl (C=O) groups excluding carboxylic acids is 6. The highest BCUT2D eigenvalue weighted by Gasteiger charge is 2.51. The second kappa shape index (κ2) is 23.1. The van der Waals surface area contributed by atoms with Crippen molar-refractivity contribution in [2.24, 2.45) is 28.6 Å². The average molecular weight is 890 g/mol. The monoisotopic (exact) mass is 890 g/mol.